The van der Waals surface area contributed by atoms with Gasteiger partial charge >= 0.3 is 6.03 Å². The van der Waals surface area contributed by atoms with Crippen molar-refractivity contribution in [2.75, 3.05) is 27.7 Å². The molecular formula is C20H25N4O3+. The zero-order chi connectivity index (χ0) is 19.6. The van der Waals surface area contributed by atoms with Crippen LogP contribution in [0.1, 0.15) is 18.9 Å². The summed E-state index contributed by atoms with van der Waals surface area (Å²) in [5.41, 5.74) is 2.89. The quantitative estimate of drug-likeness (QED) is 0.826. The molecule has 3 rings (SSSR count). The van der Waals surface area contributed by atoms with Crippen molar-refractivity contribution in [1.82, 2.24) is 9.80 Å². The lowest BCUT2D eigenvalue weighted by atomic mass is 9.89. The van der Waals surface area contributed by atoms with E-state index in [0.717, 1.165) is 40.3 Å². The Bertz CT molecular complexity index is 839. The average molecular weight is 369 g/mol. The highest BCUT2D eigenvalue weighted by Crippen LogP contribution is 2.22. The third kappa shape index (κ3) is 3.49. The summed E-state index contributed by atoms with van der Waals surface area (Å²) in [4.78, 5) is 35.5. The monoisotopic (exact) mass is 369 g/mol. The summed E-state index contributed by atoms with van der Waals surface area (Å²) in [6.45, 7) is 2.60. The molecule has 1 fully saturated rings. The number of urea groups is 1. The first-order chi connectivity index (χ1) is 13.0. The Morgan fingerprint density at radius 3 is 2.48 bits per heavy atom. The molecule has 0 aromatic heterocycles. The molecule has 0 radical (unpaired) electrons. The molecule has 1 atom stereocenters. The molecule has 2 aliphatic heterocycles. The number of aliphatic imine (C=N–C) groups is 1. The molecule has 0 bridgehead atoms. The highest BCUT2D eigenvalue weighted by molar-refractivity contribution is 6.31. The van der Waals surface area contributed by atoms with Crippen molar-refractivity contribution in [3.63, 3.8) is 0 Å². The van der Waals surface area contributed by atoms with E-state index in [0.29, 0.717) is 12.4 Å². The molecule has 1 N–H and O–H groups in total. The maximum atomic E-state index is 12.8. The standard InChI is InChI=1S/C20H24N4O3/c1-5-14-12-22-18-16(19(25)24(3)20(26)23(18)2)17(14)21-11-10-13-6-8-15(27-4)9-7-13/h6-9,12,16H,5,10-11H2,1-4H3/p+1. The first kappa shape index (κ1) is 18.8. The fraction of sp³-hybridized carbons (Fsp3) is 0.400. The molecule has 1 aromatic rings. The summed E-state index contributed by atoms with van der Waals surface area (Å²) >= 11 is 0. The van der Waals surface area contributed by atoms with Crippen LogP contribution in [0.3, 0.4) is 0 Å². The third-order valence-electron chi connectivity index (χ3n) is 5.01. The Hall–Kier alpha value is -2.96. The number of carbonyl (C=O) groups is 2. The van der Waals surface area contributed by atoms with E-state index in [1.54, 1.807) is 14.2 Å². The molecule has 1 unspecified atom stereocenters. The number of amides is 3. The van der Waals surface area contributed by atoms with Gasteiger partial charge in [-0.2, -0.15) is 4.90 Å². The van der Waals surface area contributed by atoms with Crippen molar-refractivity contribution < 1.29 is 19.3 Å². The molecule has 2 aliphatic rings. The van der Waals surface area contributed by atoms with E-state index in [1.165, 1.54) is 11.9 Å². The second-order valence-electron chi connectivity index (χ2n) is 6.59. The van der Waals surface area contributed by atoms with Crippen LogP contribution in [0, 0.1) is 5.92 Å². The van der Waals surface area contributed by atoms with E-state index in [1.807, 2.05) is 37.4 Å². The number of fused-ring (bicyclic) bond motifs is 1. The van der Waals surface area contributed by atoms with Gasteiger partial charge in [-0.05, 0) is 30.5 Å². The van der Waals surface area contributed by atoms with Crippen LogP contribution in [0.2, 0.25) is 0 Å². The van der Waals surface area contributed by atoms with Crippen molar-refractivity contribution in [2.24, 2.45) is 10.9 Å². The zero-order valence-corrected chi connectivity index (χ0v) is 16.2. The van der Waals surface area contributed by atoms with Crippen LogP contribution in [0.15, 0.2) is 41.0 Å². The van der Waals surface area contributed by atoms with Gasteiger partial charge in [0.2, 0.25) is 0 Å². The van der Waals surface area contributed by atoms with Crippen LogP contribution in [0.25, 0.3) is 0 Å². The Morgan fingerprint density at radius 2 is 1.85 bits per heavy atom. The van der Waals surface area contributed by atoms with Crippen molar-refractivity contribution >= 4 is 23.5 Å². The molecule has 0 aliphatic carbocycles. The number of allylic oxidation sites excluding steroid dienone is 1. The van der Waals surface area contributed by atoms with Crippen molar-refractivity contribution in [3.8, 4) is 5.75 Å². The average Bonchev–Trinajstić information content (AvgIpc) is 2.70. The molecule has 1 aromatic carbocycles. The Balaban J connectivity index is 1.84. The second kappa shape index (κ2) is 7.73. The molecule has 27 heavy (non-hydrogen) atoms. The number of methoxy groups -OCH3 is 1. The largest absolute Gasteiger partial charge is 0.497 e. The highest BCUT2D eigenvalue weighted by atomic mass is 16.5. The summed E-state index contributed by atoms with van der Waals surface area (Å²) in [7, 11) is 4.82. The summed E-state index contributed by atoms with van der Waals surface area (Å²) < 4.78 is 5.18. The van der Waals surface area contributed by atoms with Crippen molar-refractivity contribution in [3.05, 3.63) is 41.6 Å². The summed E-state index contributed by atoms with van der Waals surface area (Å²) in [5, 5.41) is 0. The van der Waals surface area contributed by atoms with Crippen LogP contribution in [0.4, 0.5) is 4.79 Å². The minimum absolute atomic E-state index is 0.247. The Morgan fingerprint density at radius 1 is 1.15 bits per heavy atom. The first-order valence-electron chi connectivity index (χ1n) is 9.03. The molecule has 7 nitrogen and oxygen atoms in total. The maximum absolute atomic E-state index is 12.8. The lowest BCUT2D eigenvalue weighted by molar-refractivity contribution is -0.383. The molecular weight excluding hydrogens is 344 g/mol. The molecule has 2 heterocycles. The van der Waals surface area contributed by atoms with Gasteiger partial charge in [-0.1, -0.05) is 19.1 Å². The van der Waals surface area contributed by atoms with E-state index < -0.39 is 5.92 Å². The second-order valence-corrected chi connectivity index (χ2v) is 6.59. The lowest BCUT2D eigenvalue weighted by Gasteiger charge is -2.32. The normalized spacial score (nSPS) is 21.2. The van der Waals surface area contributed by atoms with Gasteiger partial charge in [-0.3, -0.25) is 9.79 Å². The Kier molecular flexibility index (Phi) is 5.39. The molecule has 7 heteroatoms. The van der Waals surface area contributed by atoms with Crippen LogP contribution in [0.5, 0.6) is 5.75 Å². The number of hydrogen-bond donors (Lipinski definition) is 1. The number of carbonyl (C=O) groups excluding carboxylic acids is 2. The zero-order valence-electron chi connectivity index (χ0n) is 16.2. The molecule has 0 spiro atoms. The van der Waals surface area contributed by atoms with Gasteiger partial charge in [0.25, 0.3) is 11.7 Å². The number of nitrogens with zero attached hydrogens (tertiary/aromatic N) is 3. The molecule has 0 saturated carbocycles. The third-order valence-corrected chi connectivity index (χ3v) is 5.01. The first-order valence-corrected chi connectivity index (χ1v) is 9.03. The molecule has 3 amide bonds. The smallest absolute Gasteiger partial charge is 0.417 e. The van der Waals surface area contributed by atoms with Gasteiger partial charge in [0.1, 0.15) is 5.75 Å². The summed E-state index contributed by atoms with van der Waals surface area (Å²) in [6, 6.07) is 7.54. The van der Waals surface area contributed by atoms with Crippen molar-refractivity contribution in [2.45, 2.75) is 19.8 Å². The van der Waals surface area contributed by atoms with Crippen molar-refractivity contribution in [1.29, 1.82) is 0 Å². The number of ether oxygens (including phenoxy) is 1. The maximum Gasteiger partial charge on any atom is 0.417 e. The van der Waals surface area contributed by atoms with Gasteiger partial charge in [0, 0.05) is 19.2 Å². The van der Waals surface area contributed by atoms with E-state index in [4.69, 9.17) is 9.73 Å². The molecule has 1 saturated heterocycles. The minimum atomic E-state index is -0.562. The highest BCUT2D eigenvalue weighted by Gasteiger charge is 2.50. The van der Waals surface area contributed by atoms with E-state index in [9.17, 15) is 9.59 Å². The van der Waals surface area contributed by atoms with Crippen LogP contribution in [-0.2, 0) is 11.2 Å². The van der Waals surface area contributed by atoms with Gasteiger partial charge in [0.15, 0.2) is 5.92 Å². The van der Waals surface area contributed by atoms with Gasteiger partial charge in [-0.25, -0.2) is 14.7 Å². The van der Waals surface area contributed by atoms with Crippen LogP contribution in [-0.4, -0.2) is 61.0 Å². The van der Waals surface area contributed by atoms with Gasteiger partial charge < -0.3 is 4.74 Å². The van der Waals surface area contributed by atoms with E-state index >= 15 is 0 Å². The number of benzene rings is 1. The van der Waals surface area contributed by atoms with E-state index in [-0.39, 0.29) is 11.9 Å². The molecule has 142 valence electrons. The topological polar surface area (TPSA) is 76.2 Å². The minimum Gasteiger partial charge on any atom is -0.497 e. The van der Waals surface area contributed by atoms with E-state index in [2.05, 4.69) is 4.99 Å². The van der Waals surface area contributed by atoms with Crippen LogP contribution >= 0.6 is 0 Å². The fourth-order valence-electron chi connectivity index (χ4n) is 3.35. The summed E-state index contributed by atoms with van der Waals surface area (Å²) in [6.07, 6.45) is 3.37. The number of rotatable bonds is 5. The predicted molar refractivity (Wildman–Crippen MR) is 103 cm³/mol. The Labute approximate surface area is 159 Å². The summed E-state index contributed by atoms with van der Waals surface area (Å²) in [5.74, 6) is 0.585. The SMILES string of the molecule is CCC1=C[NH+]=C2C(C(=O)N(C)C(=O)N2C)C1=NCCc1ccc(OC)cc1. The number of hydrogen-bond acceptors (Lipinski definition) is 4. The fourth-order valence-corrected chi connectivity index (χ4v) is 3.35. The number of amidine groups is 1. The number of nitrogens with one attached hydrogen (secondary N) is 1. The van der Waals surface area contributed by atoms with Gasteiger partial charge in [-0.15, -0.1) is 0 Å². The lowest BCUT2D eigenvalue weighted by Crippen LogP contribution is -2.80. The van der Waals surface area contributed by atoms with Crippen LogP contribution < -0.4 is 9.73 Å². The number of imide groups is 1. The predicted octanol–water partition coefficient (Wildman–Crippen LogP) is 0.605. The van der Waals surface area contributed by atoms with Gasteiger partial charge in [0.05, 0.1) is 26.1 Å².